The normalized spacial score (nSPS) is 19.7. The van der Waals surface area contributed by atoms with Crippen LogP contribution in [0.4, 0.5) is 14.5 Å². The number of hydrogen-bond acceptors (Lipinski definition) is 7. The zero-order chi connectivity index (χ0) is 34.6. The van der Waals surface area contributed by atoms with E-state index < -0.39 is 44.6 Å². The number of nitrogens with zero attached hydrogens (tertiary/aromatic N) is 5. The number of nitrogens with one attached hydrogen (secondary N) is 1. The lowest BCUT2D eigenvalue weighted by Crippen LogP contribution is -2.58. The van der Waals surface area contributed by atoms with Gasteiger partial charge in [-0.1, -0.05) is 55.2 Å². The molecule has 0 spiro atoms. The van der Waals surface area contributed by atoms with E-state index >= 15 is 4.39 Å². The number of aromatic hydroxyl groups is 1. The zero-order valence-corrected chi connectivity index (χ0v) is 28.4. The van der Waals surface area contributed by atoms with Gasteiger partial charge in [0.1, 0.15) is 33.1 Å². The number of dihydropyridines is 1. The molecule has 3 atom stereocenters. The Hall–Kier alpha value is -4.11. The van der Waals surface area contributed by atoms with Crippen molar-refractivity contribution in [2.75, 3.05) is 18.0 Å². The second kappa shape index (κ2) is 12.8. The van der Waals surface area contributed by atoms with Crippen LogP contribution < -0.4 is 15.8 Å². The van der Waals surface area contributed by atoms with Crippen molar-refractivity contribution in [2.24, 2.45) is 5.92 Å². The van der Waals surface area contributed by atoms with Crippen molar-refractivity contribution in [2.45, 2.75) is 52.7 Å². The average Bonchev–Trinajstić information content (AvgIpc) is 3.02. The first-order chi connectivity index (χ1) is 22.2. The minimum Gasteiger partial charge on any atom is -0.505 e. The van der Waals surface area contributed by atoms with E-state index in [4.69, 9.17) is 34.8 Å². The summed E-state index contributed by atoms with van der Waals surface area (Å²) in [5, 5.41) is 22.8. The number of piperazine rings is 1. The Labute approximate surface area is 284 Å². The molecule has 0 aliphatic carbocycles. The van der Waals surface area contributed by atoms with E-state index in [1.54, 1.807) is 24.1 Å². The number of hydrogen-bond donors (Lipinski definition) is 2. The summed E-state index contributed by atoms with van der Waals surface area (Å²) in [6.45, 7) is 13.5. The largest absolute Gasteiger partial charge is 0.505 e. The molecule has 0 unspecified atom stereocenters. The van der Waals surface area contributed by atoms with Crippen LogP contribution in [0.5, 0.6) is 5.75 Å². The number of phenols is 1. The number of carbonyl (C=O) groups is 1. The molecule has 246 valence electrons. The van der Waals surface area contributed by atoms with Gasteiger partial charge in [0.2, 0.25) is 5.91 Å². The van der Waals surface area contributed by atoms with Gasteiger partial charge in [-0.25, -0.2) is 13.8 Å². The third kappa shape index (κ3) is 5.52. The number of rotatable bonds is 5. The number of pyridine rings is 2. The summed E-state index contributed by atoms with van der Waals surface area (Å²) in [5.74, 6) is -3.99. The lowest BCUT2D eigenvalue weighted by atomic mass is 9.94. The Morgan fingerprint density at radius 3 is 2.40 bits per heavy atom. The van der Waals surface area contributed by atoms with Gasteiger partial charge < -0.3 is 20.2 Å². The Morgan fingerprint density at radius 1 is 1.19 bits per heavy atom. The van der Waals surface area contributed by atoms with E-state index in [2.05, 4.69) is 22.9 Å². The molecule has 1 aromatic carbocycles. The van der Waals surface area contributed by atoms with Crippen molar-refractivity contribution >= 4 is 63.1 Å². The maximum atomic E-state index is 15.6. The van der Waals surface area contributed by atoms with E-state index in [1.165, 1.54) is 16.7 Å². The van der Waals surface area contributed by atoms with Gasteiger partial charge in [0.15, 0.2) is 11.6 Å². The van der Waals surface area contributed by atoms with E-state index in [-0.39, 0.29) is 70.0 Å². The molecule has 2 aromatic heterocycles. The Morgan fingerprint density at radius 2 is 1.83 bits per heavy atom. The summed E-state index contributed by atoms with van der Waals surface area (Å²) in [7, 11) is 0. The summed E-state index contributed by atoms with van der Waals surface area (Å²) in [5.41, 5.74) is -0.504. The average molecular weight is 704 g/mol. The molecule has 4 heterocycles. The molecule has 2 aliphatic rings. The number of fused-ring (bicyclic) bond motifs is 1. The quantitative estimate of drug-likeness (QED) is 0.170. The summed E-state index contributed by atoms with van der Waals surface area (Å²) in [6.07, 6.45) is 4.77. The van der Waals surface area contributed by atoms with Crippen LogP contribution >= 0.6 is 34.8 Å². The second-order valence-corrected chi connectivity index (χ2v) is 13.2. The molecule has 1 saturated heterocycles. The number of benzene rings is 1. The number of aromatic nitrogens is 2. The first kappa shape index (κ1) is 34.2. The number of amides is 1. The van der Waals surface area contributed by atoms with Crippen LogP contribution in [-0.4, -0.2) is 56.7 Å². The molecule has 3 aromatic rings. The highest BCUT2D eigenvalue weighted by Gasteiger charge is 2.36. The van der Waals surface area contributed by atoms with Crippen LogP contribution in [0.25, 0.3) is 28.0 Å². The predicted octanol–water partition coefficient (Wildman–Crippen LogP) is 6.86. The summed E-state index contributed by atoms with van der Waals surface area (Å²) in [6, 6.07) is 2.42. The van der Waals surface area contributed by atoms with Crippen molar-refractivity contribution in [3.05, 3.63) is 79.2 Å². The number of phenolic OH excluding ortho intramolecular Hbond substituents is 1. The Kier molecular flexibility index (Phi) is 9.34. The lowest BCUT2D eigenvalue weighted by molar-refractivity contribution is -0.130. The molecule has 14 heteroatoms. The van der Waals surface area contributed by atoms with E-state index in [0.717, 1.165) is 0 Å². The minimum absolute atomic E-state index is 0.0132. The molecule has 1 fully saturated rings. The molecule has 47 heavy (non-hydrogen) atoms. The molecule has 9 nitrogen and oxygen atoms in total. The van der Waals surface area contributed by atoms with Crippen molar-refractivity contribution in [1.29, 1.82) is 5.26 Å². The third-order valence-corrected chi connectivity index (χ3v) is 9.51. The van der Waals surface area contributed by atoms with Gasteiger partial charge in [0, 0.05) is 30.6 Å². The fraction of sp³-hybridized carbons (Fsp3) is 0.333. The van der Waals surface area contributed by atoms with Crippen molar-refractivity contribution in [1.82, 2.24) is 19.8 Å². The molecule has 2 aliphatic heterocycles. The second-order valence-electron chi connectivity index (χ2n) is 12.0. The van der Waals surface area contributed by atoms with Crippen LogP contribution in [0.3, 0.4) is 0 Å². The highest BCUT2D eigenvalue weighted by Crippen LogP contribution is 2.46. The van der Waals surface area contributed by atoms with Crippen LogP contribution in [0, 0.1) is 28.9 Å². The number of allylic oxidation sites excluding steroid dienone is 2. The number of halogens is 5. The minimum atomic E-state index is -1.36. The van der Waals surface area contributed by atoms with Crippen molar-refractivity contribution in [3.8, 4) is 23.1 Å². The van der Waals surface area contributed by atoms with Crippen LogP contribution in [-0.2, 0) is 4.79 Å². The standard InChI is InChI=1S/C33H31Cl3F2N6O3/c1-7-21(45)43-16(5)12-42(13-17(43)6)30-18-10-20(34)28(22-25(37)23(35)26(38)24(36)31(22)46)41-32(18)44(33(47)19(30)11-39)29-15(4)8-9-40-27(29)14(2)3/h7-10,14,16-17,27,40,46H,1,12-13H2,2-6H3/t16-,17+,27-/m1/s1. The molecule has 2 N–H and O–H groups in total. The highest BCUT2D eigenvalue weighted by molar-refractivity contribution is 6.37. The Balaban J connectivity index is 1.92. The number of carbonyl (C=O) groups excluding carboxylic acids is 1. The van der Waals surface area contributed by atoms with Crippen molar-refractivity contribution in [3.63, 3.8) is 0 Å². The molecule has 1 amide bonds. The first-order valence-corrected chi connectivity index (χ1v) is 15.9. The topological polar surface area (TPSA) is 114 Å². The van der Waals surface area contributed by atoms with Crippen LogP contribution in [0.2, 0.25) is 15.1 Å². The Bertz CT molecular complexity index is 1980. The molecular weight excluding hydrogens is 673 g/mol. The molecular formula is C33H31Cl3F2N6O3. The van der Waals surface area contributed by atoms with Gasteiger partial charge in [-0.05, 0) is 56.7 Å². The van der Waals surface area contributed by atoms with E-state index in [1.807, 2.05) is 32.6 Å². The fourth-order valence-corrected chi connectivity index (χ4v) is 7.16. The van der Waals surface area contributed by atoms with Gasteiger partial charge in [0.05, 0.1) is 33.7 Å². The van der Waals surface area contributed by atoms with Gasteiger partial charge in [0.25, 0.3) is 5.56 Å². The van der Waals surface area contributed by atoms with Gasteiger partial charge in [-0.3, -0.25) is 14.2 Å². The molecule has 0 saturated carbocycles. The van der Waals surface area contributed by atoms with Crippen LogP contribution in [0.15, 0.2) is 41.4 Å². The maximum Gasteiger partial charge on any atom is 0.276 e. The fourth-order valence-electron chi connectivity index (χ4n) is 6.49. The number of anilines is 1. The summed E-state index contributed by atoms with van der Waals surface area (Å²) >= 11 is 18.6. The SMILES string of the molecule is C=CC(=O)N1[C@H](C)CN(c2c(C#N)c(=O)n(C3=C(C)C=CN[C@@H]3C(C)C)c3nc(-c4c(O)c(Cl)c(F)c(Cl)c4F)c(Cl)cc23)C[C@@H]1C. The number of nitriles is 1. The van der Waals surface area contributed by atoms with Gasteiger partial charge in [-0.2, -0.15) is 5.26 Å². The van der Waals surface area contributed by atoms with E-state index in [0.29, 0.717) is 11.3 Å². The molecule has 0 bridgehead atoms. The summed E-state index contributed by atoms with van der Waals surface area (Å²) in [4.78, 5) is 35.4. The van der Waals surface area contributed by atoms with E-state index in [9.17, 15) is 24.3 Å². The molecule has 0 radical (unpaired) electrons. The smallest absolute Gasteiger partial charge is 0.276 e. The summed E-state index contributed by atoms with van der Waals surface area (Å²) < 4.78 is 31.3. The van der Waals surface area contributed by atoms with Gasteiger partial charge >= 0.3 is 0 Å². The maximum absolute atomic E-state index is 15.6. The monoisotopic (exact) mass is 702 g/mol. The lowest BCUT2D eigenvalue weighted by Gasteiger charge is -2.45. The first-order valence-electron chi connectivity index (χ1n) is 14.7. The predicted molar refractivity (Wildman–Crippen MR) is 181 cm³/mol. The van der Waals surface area contributed by atoms with Gasteiger partial charge in [-0.15, -0.1) is 0 Å². The third-order valence-electron chi connectivity index (χ3n) is 8.55. The molecule has 5 rings (SSSR count). The highest BCUT2D eigenvalue weighted by atomic mass is 35.5. The zero-order valence-electron chi connectivity index (χ0n) is 26.1. The van der Waals surface area contributed by atoms with Crippen molar-refractivity contribution < 1.29 is 18.7 Å². The van der Waals surface area contributed by atoms with Crippen LogP contribution in [0.1, 0.15) is 40.2 Å².